The molecular formula is C12H19NS. The van der Waals surface area contributed by atoms with Gasteiger partial charge in [0.25, 0.3) is 0 Å². The van der Waals surface area contributed by atoms with Gasteiger partial charge in [-0.25, -0.2) is 0 Å². The van der Waals surface area contributed by atoms with Crippen molar-refractivity contribution in [2.45, 2.75) is 31.9 Å². The van der Waals surface area contributed by atoms with Gasteiger partial charge in [-0.2, -0.15) is 11.8 Å². The Morgan fingerprint density at radius 2 is 2.00 bits per heavy atom. The van der Waals surface area contributed by atoms with Gasteiger partial charge in [0.1, 0.15) is 0 Å². The molecule has 0 spiro atoms. The van der Waals surface area contributed by atoms with Crippen LogP contribution < -0.4 is 5.73 Å². The van der Waals surface area contributed by atoms with Gasteiger partial charge in [0.2, 0.25) is 0 Å². The minimum absolute atomic E-state index is 0.926. The molecule has 0 aromatic heterocycles. The van der Waals surface area contributed by atoms with Crippen molar-refractivity contribution < 1.29 is 0 Å². The highest BCUT2D eigenvalue weighted by molar-refractivity contribution is 7.98. The minimum atomic E-state index is 0.926. The Bertz CT molecular complexity index is 260. The molecule has 0 aliphatic rings. The van der Waals surface area contributed by atoms with Crippen LogP contribution in [0, 0.1) is 0 Å². The normalized spacial score (nSPS) is 10.4. The summed E-state index contributed by atoms with van der Waals surface area (Å²) in [5.41, 5.74) is 8.05. The highest BCUT2D eigenvalue weighted by Gasteiger charge is 1.97. The van der Waals surface area contributed by atoms with Gasteiger partial charge in [0.05, 0.1) is 0 Å². The van der Waals surface area contributed by atoms with Crippen molar-refractivity contribution in [3.63, 3.8) is 0 Å². The van der Waals surface area contributed by atoms with Gasteiger partial charge in [-0.15, -0.1) is 0 Å². The fraction of sp³-hybridized carbons (Fsp3) is 0.500. The van der Waals surface area contributed by atoms with E-state index in [1.54, 1.807) is 0 Å². The first-order valence-electron chi connectivity index (χ1n) is 5.25. The molecule has 0 saturated carbocycles. The summed E-state index contributed by atoms with van der Waals surface area (Å²) < 4.78 is 0. The van der Waals surface area contributed by atoms with Crippen LogP contribution >= 0.6 is 11.8 Å². The number of hydrogen-bond donors (Lipinski definition) is 1. The van der Waals surface area contributed by atoms with Crippen molar-refractivity contribution in [3.8, 4) is 0 Å². The van der Waals surface area contributed by atoms with E-state index >= 15 is 0 Å². The number of benzene rings is 1. The molecule has 0 amide bonds. The van der Waals surface area contributed by atoms with Crippen LogP contribution in [0.25, 0.3) is 0 Å². The number of unbranched alkanes of at least 4 members (excludes halogenated alkanes) is 2. The van der Waals surface area contributed by atoms with Crippen LogP contribution in [0.3, 0.4) is 0 Å². The van der Waals surface area contributed by atoms with Crippen LogP contribution in [0.5, 0.6) is 0 Å². The largest absolute Gasteiger partial charge is 0.398 e. The first kappa shape index (κ1) is 11.4. The third kappa shape index (κ3) is 4.05. The topological polar surface area (TPSA) is 26.0 Å². The summed E-state index contributed by atoms with van der Waals surface area (Å²) in [5.74, 6) is 2.30. The van der Waals surface area contributed by atoms with Crippen LogP contribution in [0.4, 0.5) is 5.69 Å². The number of nitrogens with two attached hydrogens (primary N) is 1. The molecule has 0 saturated heterocycles. The van der Waals surface area contributed by atoms with Crippen molar-refractivity contribution in [2.24, 2.45) is 0 Å². The Labute approximate surface area is 91.1 Å². The van der Waals surface area contributed by atoms with Gasteiger partial charge in [-0.05, 0) is 23.8 Å². The lowest BCUT2D eigenvalue weighted by atomic mass is 10.2. The molecule has 0 aliphatic carbocycles. The Kier molecular flexibility index (Phi) is 5.53. The lowest BCUT2D eigenvalue weighted by Crippen LogP contribution is -1.92. The van der Waals surface area contributed by atoms with E-state index in [0.29, 0.717) is 0 Å². The molecule has 78 valence electrons. The summed E-state index contributed by atoms with van der Waals surface area (Å²) in [7, 11) is 0. The van der Waals surface area contributed by atoms with Gasteiger partial charge in [-0.1, -0.05) is 38.0 Å². The smallest absolute Gasteiger partial charge is 0.0355 e. The molecule has 1 rings (SSSR count). The van der Waals surface area contributed by atoms with Gasteiger partial charge >= 0.3 is 0 Å². The van der Waals surface area contributed by atoms with Crippen molar-refractivity contribution in [1.82, 2.24) is 0 Å². The number of thioether (sulfide) groups is 1. The van der Waals surface area contributed by atoms with Crippen molar-refractivity contribution >= 4 is 17.4 Å². The van der Waals surface area contributed by atoms with E-state index in [2.05, 4.69) is 19.1 Å². The molecule has 0 bridgehead atoms. The molecule has 0 fully saturated rings. The third-order valence-corrected chi connectivity index (χ3v) is 3.30. The zero-order valence-corrected chi connectivity index (χ0v) is 9.65. The lowest BCUT2D eigenvalue weighted by Gasteiger charge is -2.04. The summed E-state index contributed by atoms with van der Waals surface area (Å²) in [6.45, 7) is 2.24. The van der Waals surface area contributed by atoms with Crippen LogP contribution in [0.15, 0.2) is 24.3 Å². The second kappa shape index (κ2) is 6.77. The number of para-hydroxylation sites is 1. The molecule has 0 atom stereocenters. The maximum Gasteiger partial charge on any atom is 0.0355 e. The molecule has 1 aromatic carbocycles. The van der Waals surface area contributed by atoms with Crippen molar-refractivity contribution in [2.75, 3.05) is 11.5 Å². The first-order valence-corrected chi connectivity index (χ1v) is 6.41. The molecule has 0 unspecified atom stereocenters. The van der Waals surface area contributed by atoms with Crippen LogP contribution in [-0.2, 0) is 5.75 Å². The highest BCUT2D eigenvalue weighted by Crippen LogP contribution is 2.19. The van der Waals surface area contributed by atoms with Crippen LogP contribution in [0.1, 0.15) is 31.7 Å². The summed E-state index contributed by atoms with van der Waals surface area (Å²) in [5, 5.41) is 0. The van der Waals surface area contributed by atoms with E-state index in [1.807, 2.05) is 23.9 Å². The van der Waals surface area contributed by atoms with E-state index < -0.39 is 0 Å². The molecule has 2 heteroatoms. The van der Waals surface area contributed by atoms with E-state index in [-0.39, 0.29) is 0 Å². The maximum absolute atomic E-state index is 5.85. The third-order valence-electron chi connectivity index (χ3n) is 2.20. The second-order valence-corrected chi connectivity index (χ2v) is 4.56. The number of anilines is 1. The molecule has 1 aromatic rings. The monoisotopic (exact) mass is 209 g/mol. The van der Waals surface area contributed by atoms with Gasteiger partial charge in [0, 0.05) is 11.4 Å². The Morgan fingerprint density at radius 1 is 1.21 bits per heavy atom. The van der Waals surface area contributed by atoms with Gasteiger partial charge in [-0.3, -0.25) is 0 Å². The summed E-state index contributed by atoms with van der Waals surface area (Å²) in [4.78, 5) is 0. The number of nitrogen functional groups attached to an aromatic ring is 1. The average molecular weight is 209 g/mol. The standard InChI is InChI=1S/C12H19NS/c1-2-3-6-9-14-10-11-7-4-5-8-12(11)13/h4-5,7-8H,2-3,6,9-10,13H2,1H3. The Morgan fingerprint density at radius 3 is 2.71 bits per heavy atom. The molecule has 0 radical (unpaired) electrons. The fourth-order valence-corrected chi connectivity index (χ4v) is 2.34. The zero-order valence-electron chi connectivity index (χ0n) is 8.83. The quantitative estimate of drug-likeness (QED) is 0.571. The molecule has 0 heterocycles. The van der Waals surface area contributed by atoms with Crippen LogP contribution in [0.2, 0.25) is 0 Å². The molecular weight excluding hydrogens is 190 g/mol. The van der Waals surface area contributed by atoms with E-state index in [1.165, 1.54) is 30.6 Å². The van der Waals surface area contributed by atoms with E-state index in [0.717, 1.165) is 11.4 Å². The summed E-state index contributed by atoms with van der Waals surface area (Å²) >= 11 is 1.98. The average Bonchev–Trinajstić information content (AvgIpc) is 2.20. The molecule has 14 heavy (non-hydrogen) atoms. The number of hydrogen-bond acceptors (Lipinski definition) is 2. The maximum atomic E-state index is 5.85. The van der Waals surface area contributed by atoms with E-state index in [4.69, 9.17) is 5.73 Å². The van der Waals surface area contributed by atoms with Gasteiger partial charge < -0.3 is 5.73 Å². The zero-order chi connectivity index (χ0) is 10.2. The minimum Gasteiger partial charge on any atom is -0.398 e. The second-order valence-electron chi connectivity index (χ2n) is 3.46. The Hall–Kier alpha value is -0.630. The predicted molar refractivity (Wildman–Crippen MR) is 66.5 cm³/mol. The van der Waals surface area contributed by atoms with Gasteiger partial charge in [0.15, 0.2) is 0 Å². The molecule has 2 N–H and O–H groups in total. The lowest BCUT2D eigenvalue weighted by molar-refractivity contribution is 0.778. The highest BCUT2D eigenvalue weighted by atomic mass is 32.2. The first-order chi connectivity index (χ1) is 6.84. The van der Waals surface area contributed by atoms with Crippen molar-refractivity contribution in [3.05, 3.63) is 29.8 Å². The van der Waals surface area contributed by atoms with Crippen molar-refractivity contribution in [1.29, 1.82) is 0 Å². The summed E-state index contributed by atoms with van der Waals surface area (Å²) in [6, 6.07) is 8.13. The van der Waals surface area contributed by atoms with Crippen LogP contribution in [-0.4, -0.2) is 5.75 Å². The number of rotatable bonds is 6. The molecule has 0 aliphatic heterocycles. The van der Waals surface area contributed by atoms with E-state index in [9.17, 15) is 0 Å². The molecule has 1 nitrogen and oxygen atoms in total. The SMILES string of the molecule is CCCCCSCc1ccccc1N. The predicted octanol–water partition coefficient (Wildman–Crippen LogP) is 3.69. The fourth-order valence-electron chi connectivity index (χ4n) is 1.30. The summed E-state index contributed by atoms with van der Waals surface area (Å²) in [6.07, 6.45) is 3.97. The Balaban J connectivity index is 2.21.